The standard InChI is InChI=1S/C19H24FN3O6/c1-19(2,3)29-17(25)21-11-15-16(24)23(18(26)28-15)12-4-5-14(13(20)10-12)22-6-8-27-9-7-22/h4-5,10,15H,6-9,11H2,1-3H3,(H,21,25)/t15-/m0/s1. The minimum Gasteiger partial charge on any atom is -0.444 e. The van der Waals surface area contributed by atoms with Gasteiger partial charge in [0.1, 0.15) is 11.4 Å². The summed E-state index contributed by atoms with van der Waals surface area (Å²) >= 11 is 0. The Hall–Kier alpha value is -2.88. The SMILES string of the molecule is CC(C)(C)OC(=O)NC[C@@H]1OC(=O)N(c2ccc(N3CCOCC3)c(F)c2)C1=O. The smallest absolute Gasteiger partial charge is 0.422 e. The Labute approximate surface area is 167 Å². The van der Waals surface area contributed by atoms with Crippen LogP contribution in [-0.2, 0) is 19.0 Å². The van der Waals surface area contributed by atoms with Crippen LogP contribution in [0.25, 0.3) is 0 Å². The van der Waals surface area contributed by atoms with Crippen LogP contribution in [0.3, 0.4) is 0 Å². The maximum Gasteiger partial charge on any atom is 0.422 e. The lowest BCUT2D eigenvalue weighted by Crippen LogP contribution is -2.40. The summed E-state index contributed by atoms with van der Waals surface area (Å²) in [6, 6.07) is 4.12. The second-order valence-corrected chi connectivity index (χ2v) is 7.66. The highest BCUT2D eigenvalue weighted by atomic mass is 19.1. The van der Waals surface area contributed by atoms with Crippen LogP contribution in [0.1, 0.15) is 20.8 Å². The summed E-state index contributed by atoms with van der Waals surface area (Å²) in [5.74, 6) is -1.25. The average Bonchev–Trinajstić information content (AvgIpc) is 2.93. The molecule has 9 nitrogen and oxygen atoms in total. The second kappa shape index (κ2) is 8.24. The van der Waals surface area contributed by atoms with E-state index in [-0.39, 0.29) is 12.2 Å². The zero-order valence-corrected chi connectivity index (χ0v) is 16.6. The zero-order valence-electron chi connectivity index (χ0n) is 16.6. The molecule has 0 saturated carbocycles. The molecule has 158 valence electrons. The first-order chi connectivity index (χ1) is 13.7. The van der Waals surface area contributed by atoms with Crippen molar-refractivity contribution in [3.63, 3.8) is 0 Å². The number of carbonyl (C=O) groups excluding carboxylic acids is 3. The van der Waals surface area contributed by atoms with Crippen molar-refractivity contribution in [2.45, 2.75) is 32.5 Å². The van der Waals surface area contributed by atoms with Crippen molar-refractivity contribution in [3.05, 3.63) is 24.0 Å². The van der Waals surface area contributed by atoms with Gasteiger partial charge in [0.2, 0.25) is 0 Å². The van der Waals surface area contributed by atoms with Crippen molar-refractivity contribution in [1.82, 2.24) is 5.32 Å². The van der Waals surface area contributed by atoms with Crippen molar-refractivity contribution in [3.8, 4) is 0 Å². The molecule has 0 aliphatic carbocycles. The van der Waals surface area contributed by atoms with Gasteiger partial charge in [0.15, 0.2) is 6.10 Å². The number of ether oxygens (including phenoxy) is 3. The van der Waals surface area contributed by atoms with E-state index in [0.29, 0.717) is 32.0 Å². The van der Waals surface area contributed by atoms with Gasteiger partial charge in [0.05, 0.1) is 31.1 Å². The summed E-state index contributed by atoms with van der Waals surface area (Å²) in [4.78, 5) is 39.0. The van der Waals surface area contributed by atoms with Gasteiger partial charge in [0.25, 0.3) is 5.91 Å². The zero-order chi connectivity index (χ0) is 21.2. The first-order valence-corrected chi connectivity index (χ1v) is 9.29. The number of imide groups is 1. The van der Waals surface area contributed by atoms with Gasteiger partial charge >= 0.3 is 12.2 Å². The molecule has 1 atom stereocenters. The highest BCUT2D eigenvalue weighted by molar-refractivity contribution is 6.18. The predicted molar refractivity (Wildman–Crippen MR) is 101 cm³/mol. The van der Waals surface area contributed by atoms with Gasteiger partial charge in [-0.3, -0.25) is 4.79 Å². The molecule has 29 heavy (non-hydrogen) atoms. The van der Waals surface area contributed by atoms with Crippen molar-refractivity contribution >= 4 is 29.5 Å². The molecule has 1 aromatic carbocycles. The van der Waals surface area contributed by atoms with E-state index < -0.39 is 35.6 Å². The van der Waals surface area contributed by atoms with E-state index in [2.05, 4.69) is 5.32 Å². The summed E-state index contributed by atoms with van der Waals surface area (Å²) in [6.07, 6.45) is -2.87. The van der Waals surface area contributed by atoms with E-state index in [9.17, 15) is 18.8 Å². The summed E-state index contributed by atoms with van der Waals surface area (Å²) in [5.41, 5.74) is -0.263. The number of rotatable bonds is 4. The van der Waals surface area contributed by atoms with Crippen LogP contribution in [-0.4, -0.2) is 62.6 Å². The number of anilines is 2. The Morgan fingerprint density at radius 2 is 1.97 bits per heavy atom. The number of carbonyl (C=O) groups is 3. The van der Waals surface area contributed by atoms with Gasteiger partial charge in [-0.2, -0.15) is 0 Å². The third-order valence-corrected chi connectivity index (χ3v) is 4.29. The van der Waals surface area contributed by atoms with Crippen molar-refractivity contribution in [2.24, 2.45) is 0 Å². The number of nitrogens with one attached hydrogen (secondary N) is 1. The van der Waals surface area contributed by atoms with Crippen LogP contribution in [0.5, 0.6) is 0 Å². The molecule has 2 heterocycles. The fraction of sp³-hybridized carbons (Fsp3) is 0.526. The Morgan fingerprint density at radius 3 is 2.59 bits per heavy atom. The number of nitrogens with zero attached hydrogens (tertiary/aromatic N) is 2. The number of cyclic esters (lactones) is 1. The van der Waals surface area contributed by atoms with Gasteiger partial charge < -0.3 is 24.4 Å². The topological polar surface area (TPSA) is 97.4 Å². The van der Waals surface area contributed by atoms with E-state index in [1.807, 2.05) is 4.90 Å². The molecular formula is C19H24FN3O6. The summed E-state index contributed by atoms with van der Waals surface area (Å²) in [6.45, 7) is 6.97. The molecular weight excluding hydrogens is 385 g/mol. The van der Waals surface area contributed by atoms with E-state index in [4.69, 9.17) is 14.2 Å². The molecule has 3 rings (SSSR count). The molecule has 2 saturated heterocycles. The molecule has 1 N–H and O–H groups in total. The van der Waals surface area contributed by atoms with E-state index in [0.717, 1.165) is 11.0 Å². The first-order valence-electron chi connectivity index (χ1n) is 9.29. The lowest BCUT2D eigenvalue weighted by Gasteiger charge is -2.29. The van der Waals surface area contributed by atoms with Gasteiger partial charge in [-0.25, -0.2) is 18.9 Å². The van der Waals surface area contributed by atoms with Crippen LogP contribution in [0.2, 0.25) is 0 Å². The molecule has 0 unspecified atom stereocenters. The Balaban J connectivity index is 1.66. The number of amides is 3. The molecule has 2 aliphatic rings. The monoisotopic (exact) mass is 409 g/mol. The predicted octanol–water partition coefficient (Wildman–Crippen LogP) is 2.04. The lowest BCUT2D eigenvalue weighted by atomic mass is 10.2. The molecule has 2 aliphatic heterocycles. The molecule has 1 aromatic rings. The van der Waals surface area contributed by atoms with Crippen molar-refractivity contribution in [1.29, 1.82) is 0 Å². The quantitative estimate of drug-likeness (QED) is 0.813. The lowest BCUT2D eigenvalue weighted by molar-refractivity contribution is -0.121. The average molecular weight is 409 g/mol. The number of halogens is 1. The number of hydrogen-bond acceptors (Lipinski definition) is 7. The van der Waals surface area contributed by atoms with E-state index >= 15 is 0 Å². The third kappa shape index (κ3) is 4.94. The van der Waals surface area contributed by atoms with Gasteiger partial charge in [-0.15, -0.1) is 0 Å². The fourth-order valence-electron chi connectivity index (χ4n) is 3.01. The van der Waals surface area contributed by atoms with Gasteiger partial charge in [-0.1, -0.05) is 0 Å². The molecule has 10 heteroatoms. The minimum absolute atomic E-state index is 0.0641. The number of hydrogen-bond donors (Lipinski definition) is 1. The number of benzene rings is 1. The Morgan fingerprint density at radius 1 is 1.28 bits per heavy atom. The summed E-state index contributed by atoms with van der Waals surface area (Å²) in [5, 5.41) is 2.39. The second-order valence-electron chi connectivity index (χ2n) is 7.66. The Kier molecular flexibility index (Phi) is 5.92. The Bertz CT molecular complexity index is 804. The molecule has 0 radical (unpaired) electrons. The number of alkyl carbamates (subject to hydrolysis) is 1. The highest BCUT2D eigenvalue weighted by Crippen LogP contribution is 2.29. The minimum atomic E-state index is -1.21. The van der Waals surface area contributed by atoms with Crippen molar-refractivity contribution in [2.75, 3.05) is 42.6 Å². The van der Waals surface area contributed by atoms with E-state index in [1.54, 1.807) is 20.8 Å². The largest absolute Gasteiger partial charge is 0.444 e. The van der Waals surface area contributed by atoms with E-state index in [1.165, 1.54) is 12.1 Å². The van der Waals surface area contributed by atoms with Crippen LogP contribution in [0.4, 0.5) is 25.4 Å². The maximum atomic E-state index is 14.6. The van der Waals surface area contributed by atoms with Crippen LogP contribution >= 0.6 is 0 Å². The molecule has 2 fully saturated rings. The highest BCUT2D eigenvalue weighted by Gasteiger charge is 2.42. The normalized spacial score (nSPS) is 19.9. The van der Waals surface area contributed by atoms with Gasteiger partial charge in [0, 0.05) is 19.2 Å². The molecule has 0 bridgehead atoms. The molecule has 0 aromatic heterocycles. The van der Waals surface area contributed by atoms with Crippen LogP contribution < -0.4 is 15.1 Å². The molecule has 3 amide bonds. The van der Waals surface area contributed by atoms with Crippen LogP contribution in [0, 0.1) is 5.82 Å². The van der Waals surface area contributed by atoms with Crippen LogP contribution in [0.15, 0.2) is 18.2 Å². The summed E-state index contributed by atoms with van der Waals surface area (Å²) in [7, 11) is 0. The fourth-order valence-corrected chi connectivity index (χ4v) is 3.01. The first kappa shape index (κ1) is 20.8. The van der Waals surface area contributed by atoms with Crippen molar-refractivity contribution < 1.29 is 33.0 Å². The third-order valence-electron chi connectivity index (χ3n) is 4.29. The maximum absolute atomic E-state index is 14.6. The van der Waals surface area contributed by atoms with Gasteiger partial charge in [-0.05, 0) is 32.9 Å². The summed E-state index contributed by atoms with van der Waals surface area (Å²) < 4.78 is 30.0. The number of morpholine rings is 1. The molecule has 0 spiro atoms.